The van der Waals surface area contributed by atoms with Crippen molar-refractivity contribution in [3.05, 3.63) is 52.5 Å². The van der Waals surface area contributed by atoms with Gasteiger partial charge in [0.1, 0.15) is 9.71 Å². The molecule has 0 bridgehead atoms. The van der Waals surface area contributed by atoms with Gasteiger partial charge in [0.2, 0.25) is 0 Å². The molecule has 6 nitrogen and oxygen atoms in total. The Morgan fingerprint density at radius 3 is 2.30 bits per heavy atom. The summed E-state index contributed by atoms with van der Waals surface area (Å²) in [6.07, 6.45) is 0. The van der Waals surface area contributed by atoms with Crippen LogP contribution < -0.4 is 10.6 Å². The summed E-state index contributed by atoms with van der Waals surface area (Å²) in [5.41, 5.74) is 9.63. The number of nitrogens with two attached hydrogens (primary N) is 1. The lowest BCUT2D eigenvalue weighted by Crippen LogP contribution is -2.48. The first-order chi connectivity index (χ1) is 14.3. The van der Waals surface area contributed by atoms with Crippen LogP contribution in [0.15, 0.2) is 36.4 Å². The largest absolute Gasteiger partial charge is 0.397 e. The van der Waals surface area contributed by atoms with Gasteiger partial charge >= 0.3 is 0 Å². The predicted molar refractivity (Wildman–Crippen MR) is 123 cm³/mol. The molecule has 2 aromatic heterocycles. The van der Waals surface area contributed by atoms with Gasteiger partial charge in [-0.2, -0.15) is 0 Å². The lowest BCUT2D eigenvalue weighted by atomic mass is 10.1. The van der Waals surface area contributed by atoms with Crippen LogP contribution >= 0.6 is 11.3 Å². The number of hydrogen-bond donors (Lipinski definition) is 1. The first-order valence-corrected chi connectivity index (χ1v) is 11.0. The molecule has 1 amide bonds. The molecule has 30 heavy (non-hydrogen) atoms. The highest BCUT2D eigenvalue weighted by molar-refractivity contribution is 7.21. The molecule has 1 saturated heterocycles. The number of rotatable bonds is 4. The summed E-state index contributed by atoms with van der Waals surface area (Å²) < 4.78 is 0. The van der Waals surface area contributed by atoms with E-state index < -0.39 is 0 Å². The number of aromatic nitrogens is 1. The molecule has 1 aliphatic rings. The van der Waals surface area contributed by atoms with E-state index in [0.29, 0.717) is 35.1 Å². The molecule has 156 valence electrons. The minimum Gasteiger partial charge on any atom is -0.397 e. The Balaban J connectivity index is 1.47. The zero-order valence-corrected chi connectivity index (χ0v) is 18.3. The van der Waals surface area contributed by atoms with Gasteiger partial charge in [-0.25, -0.2) is 4.98 Å². The van der Waals surface area contributed by atoms with Crippen LogP contribution in [-0.4, -0.2) is 47.8 Å². The molecule has 0 saturated carbocycles. The van der Waals surface area contributed by atoms with Gasteiger partial charge in [-0.1, -0.05) is 13.8 Å². The van der Waals surface area contributed by atoms with Crippen molar-refractivity contribution in [1.82, 2.24) is 9.88 Å². The summed E-state index contributed by atoms with van der Waals surface area (Å²) in [6.45, 7) is 8.52. The van der Waals surface area contributed by atoms with Crippen LogP contribution in [0, 0.1) is 0 Å². The summed E-state index contributed by atoms with van der Waals surface area (Å²) in [5.74, 6) is 0.371. The second-order valence-corrected chi connectivity index (χ2v) is 8.97. The lowest BCUT2D eigenvalue weighted by Gasteiger charge is -2.36. The minimum atomic E-state index is -0.0202. The van der Waals surface area contributed by atoms with Gasteiger partial charge in [0.05, 0.1) is 5.69 Å². The molecule has 1 fully saturated rings. The molecule has 4 rings (SSSR count). The van der Waals surface area contributed by atoms with Crippen molar-refractivity contribution < 1.29 is 9.59 Å². The van der Waals surface area contributed by atoms with Crippen LogP contribution in [0.1, 0.15) is 52.4 Å². The van der Waals surface area contributed by atoms with Gasteiger partial charge in [0.25, 0.3) is 5.91 Å². The Bertz CT molecular complexity index is 1100. The molecule has 0 atom stereocenters. The van der Waals surface area contributed by atoms with Crippen molar-refractivity contribution in [3.63, 3.8) is 0 Å². The van der Waals surface area contributed by atoms with Gasteiger partial charge in [-0.3, -0.25) is 9.59 Å². The topological polar surface area (TPSA) is 79.5 Å². The van der Waals surface area contributed by atoms with Crippen molar-refractivity contribution in [3.8, 4) is 0 Å². The first-order valence-electron chi connectivity index (χ1n) is 10.2. The van der Waals surface area contributed by atoms with E-state index in [-0.39, 0.29) is 11.7 Å². The Hall–Kier alpha value is -2.93. The average Bonchev–Trinajstić information content (AvgIpc) is 3.09. The lowest BCUT2D eigenvalue weighted by molar-refractivity contribution is 0.0752. The number of ketones is 1. The Morgan fingerprint density at radius 1 is 1.03 bits per heavy atom. The molecule has 3 aromatic rings. The van der Waals surface area contributed by atoms with Gasteiger partial charge in [-0.15, -0.1) is 11.3 Å². The second kappa shape index (κ2) is 8.07. The van der Waals surface area contributed by atoms with Gasteiger partial charge in [-0.05, 0) is 49.2 Å². The summed E-state index contributed by atoms with van der Waals surface area (Å²) >= 11 is 1.39. The summed E-state index contributed by atoms with van der Waals surface area (Å²) in [4.78, 5) is 34.8. The summed E-state index contributed by atoms with van der Waals surface area (Å²) in [7, 11) is 0. The zero-order chi connectivity index (χ0) is 21.4. The molecule has 1 aromatic carbocycles. The summed E-state index contributed by atoms with van der Waals surface area (Å²) in [5, 5.41) is 0.858. The van der Waals surface area contributed by atoms with E-state index in [1.54, 1.807) is 6.92 Å². The quantitative estimate of drug-likeness (QED) is 0.639. The van der Waals surface area contributed by atoms with Crippen molar-refractivity contribution in [1.29, 1.82) is 0 Å². The number of piperazine rings is 1. The van der Waals surface area contributed by atoms with Crippen LogP contribution in [0.3, 0.4) is 0 Å². The molecular weight excluding hydrogens is 396 g/mol. The van der Waals surface area contributed by atoms with E-state index in [4.69, 9.17) is 10.7 Å². The van der Waals surface area contributed by atoms with E-state index in [9.17, 15) is 9.59 Å². The third-order valence-electron chi connectivity index (χ3n) is 5.61. The zero-order valence-electron chi connectivity index (χ0n) is 17.5. The SMILES string of the molecule is CC(=O)c1ccc(N2CCN(C(=O)c3sc4nc(C(C)C)ccc4c3N)CC2)cc1. The van der Waals surface area contributed by atoms with E-state index in [1.165, 1.54) is 11.3 Å². The smallest absolute Gasteiger partial charge is 0.266 e. The molecule has 2 N–H and O–H groups in total. The van der Waals surface area contributed by atoms with Gasteiger partial charge < -0.3 is 15.5 Å². The van der Waals surface area contributed by atoms with Crippen LogP contribution in [0.5, 0.6) is 0 Å². The van der Waals surface area contributed by atoms with E-state index in [0.717, 1.165) is 34.7 Å². The predicted octanol–water partition coefficient (Wildman–Crippen LogP) is 4.17. The van der Waals surface area contributed by atoms with Crippen molar-refractivity contribution in [2.24, 2.45) is 0 Å². The third kappa shape index (κ3) is 3.77. The standard InChI is InChI=1S/C23H26N4O2S/c1-14(2)19-9-8-18-20(24)21(30-22(18)25-19)23(29)27-12-10-26(11-13-27)17-6-4-16(5-7-17)15(3)28/h4-9,14H,10-13,24H2,1-3H3. The Kier molecular flexibility index (Phi) is 5.47. The molecule has 0 aliphatic carbocycles. The number of pyridine rings is 1. The van der Waals surface area contributed by atoms with Crippen molar-refractivity contribution >= 4 is 44.6 Å². The fourth-order valence-electron chi connectivity index (χ4n) is 3.71. The van der Waals surface area contributed by atoms with E-state index in [2.05, 4.69) is 18.7 Å². The molecule has 1 aliphatic heterocycles. The number of anilines is 2. The molecule has 0 spiro atoms. The van der Waals surface area contributed by atoms with E-state index >= 15 is 0 Å². The first kappa shape index (κ1) is 20.3. The van der Waals surface area contributed by atoms with Crippen molar-refractivity contribution in [2.45, 2.75) is 26.7 Å². The number of hydrogen-bond acceptors (Lipinski definition) is 6. The fraction of sp³-hybridized carbons (Fsp3) is 0.348. The number of benzene rings is 1. The third-order valence-corrected chi connectivity index (χ3v) is 6.71. The van der Waals surface area contributed by atoms with Crippen molar-refractivity contribution in [2.75, 3.05) is 36.8 Å². The normalized spacial score (nSPS) is 14.5. The number of thiophene rings is 1. The second-order valence-electron chi connectivity index (χ2n) is 7.97. The average molecular weight is 423 g/mol. The monoisotopic (exact) mass is 422 g/mol. The van der Waals surface area contributed by atoms with Crippen LogP contribution in [0.2, 0.25) is 0 Å². The van der Waals surface area contributed by atoms with Crippen LogP contribution in [0.4, 0.5) is 11.4 Å². The summed E-state index contributed by atoms with van der Waals surface area (Å²) in [6, 6.07) is 11.6. The highest BCUT2D eigenvalue weighted by Gasteiger charge is 2.26. The van der Waals surface area contributed by atoms with Gasteiger partial charge in [0.15, 0.2) is 5.78 Å². The molecule has 0 unspecified atom stereocenters. The Labute approximate surface area is 180 Å². The highest BCUT2D eigenvalue weighted by atomic mass is 32.1. The maximum atomic E-state index is 13.1. The fourth-order valence-corrected chi connectivity index (χ4v) is 4.78. The van der Waals surface area contributed by atoms with Gasteiger partial charge in [0, 0.05) is 48.5 Å². The number of fused-ring (bicyclic) bond motifs is 1. The number of nitrogen functional groups attached to an aromatic ring is 1. The minimum absolute atomic E-state index is 0.0202. The van der Waals surface area contributed by atoms with Crippen LogP contribution in [-0.2, 0) is 0 Å². The number of amides is 1. The number of nitrogens with zero attached hydrogens (tertiary/aromatic N) is 3. The maximum Gasteiger partial charge on any atom is 0.266 e. The van der Waals surface area contributed by atoms with E-state index in [1.807, 2.05) is 41.3 Å². The number of Topliss-reactive ketones (excluding diaryl/α,β-unsaturated/α-hetero) is 1. The Morgan fingerprint density at radius 2 is 1.70 bits per heavy atom. The number of carbonyl (C=O) groups is 2. The van der Waals surface area contributed by atoms with Crippen LogP contribution in [0.25, 0.3) is 10.2 Å². The maximum absolute atomic E-state index is 13.1. The molecule has 3 heterocycles. The number of carbonyl (C=O) groups excluding carboxylic acids is 2. The molecule has 0 radical (unpaired) electrons. The highest BCUT2D eigenvalue weighted by Crippen LogP contribution is 2.34. The molecular formula is C23H26N4O2S. The molecule has 7 heteroatoms.